The lowest BCUT2D eigenvalue weighted by Crippen LogP contribution is -2.52. The van der Waals surface area contributed by atoms with Crippen LogP contribution in [0.5, 0.6) is 5.75 Å². The number of hydrogen-bond acceptors (Lipinski definition) is 6. The third kappa shape index (κ3) is 4.98. The minimum atomic E-state index is -2.92. The molecule has 4 rings (SSSR count). The zero-order valence-electron chi connectivity index (χ0n) is 18.7. The number of para-hydroxylation sites is 2. The number of methoxy groups -OCH3 is 1. The highest BCUT2D eigenvalue weighted by atomic mass is 19.3. The van der Waals surface area contributed by atoms with E-state index < -0.39 is 18.1 Å². The first-order valence-electron chi connectivity index (χ1n) is 10.7. The molecule has 0 atom stereocenters. The molecule has 2 heterocycles. The first kappa shape index (κ1) is 23.6. The summed E-state index contributed by atoms with van der Waals surface area (Å²) in [5.41, 5.74) is 0.900. The van der Waals surface area contributed by atoms with Gasteiger partial charge in [-0.05, 0) is 31.3 Å². The molecule has 1 fully saturated rings. The minimum Gasteiger partial charge on any atom is -0.495 e. The number of piperazine rings is 1. The van der Waals surface area contributed by atoms with Crippen LogP contribution in [-0.4, -0.2) is 66.4 Å². The van der Waals surface area contributed by atoms with Crippen LogP contribution in [-0.2, 0) is 6.54 Å². The van der Waals surface area contributed by atoms with Crippen molar-refractivity contribution >= 4 is 11.7 Å². The third-order valence-corrected chi connectivity index (χ3v) is 5.64. The SMILES string of the molecule is COc1ccccc1N(Cc1ccc(-c2nnc(C(F)F)o2)cc1F)C(=O)N1CCN(C)CC1. The Bertz CT molecular complexity index is 1150. The Labute approximate surface area is 194 Å². The molecule has 180 valence electrons. The molecule has 34 heavy (non-hydrogen) atoms. The number of benzene rings is 2. The van der Waals surface area contributed by atoms with Gasteiger partial charge in [-0.2, -0.15) is 8.78 Å². The van der Waals surface area contributed by atoms with E-state index in [1.807, 2.05) is 7.05 Å². The first-order chi connectivity index (χ1) is 16.4. The minimum absolute atomic E-state index is 0.0657. The van der Waals surface area contributed by atoms with Crippen molar-refractivity contribution in [3.8, 4) is 17.2 Å². The van der Waals surface area contributed by atoms with Gasteiger partial charge in [0.2, 0.25) is 5.89 Å². The number of carbonyl (C=O) groups excluding carboxylic acids is 1. The fraction of sp³-hybridized carbons (Fsp3) is 0.348. The Kier molecular flexibility index (Phi) is 7.01. The lowest BCUT2D eigenvalue weighted by atomic mass is 10.1. The molecular formula is C23H24F3N5O3. The molecule has 0 spiro atoms. The van der Waals surface area contributed by atoms with E-state index in [1.54, 1.807) is 29.2 Å². The Morgan fingerprint density at radius 3 is 2.53 bits per heavy atom. The zero-order valence-corrected chi connectivity index (χ0v) is 18.7. The van der Waals surface area contributed by atoms with Crippen LogP contribution in [0.25, 0.3) is 11.5 Å². The van der Waals surface area contributed by atoms with Crippen LogP contribution in [0.4, 0.5) is 23.7 Å². The van der Waals surface area contributed by atoms with E-state index in [-0.39, 0.29) is 29.6 Å². The normalized spacial score (nSPS) is 14.5. The van der Waals surface area contributed by atoms with E-state index in [1.165, 1.54) is 24.1 Å². The van der Waals surface area contributed by atoms with Crippen molar-refractivity contribution in [1.29, 1.82) is 0 Å². The Morgan fingerprint density at radius 1 is 1.15 bits per heavy atom. The number of halogens is 3. The molecule has 2 amide bonds. The predicted molar refractivity (Wildman–Crippen MR) is 118 cm³/mol. The average molecular weight is 475 g/mol. The fourth-order valence-electron chi connectivity index (χ4n) is 3.70. The van der Waals surface area contributed by atoms with Crippen molar-refractivity contribution in [2.75, 3.05) is 45.2 Å². The Hall–Kier alpha value is -3.60. The summed E-state index contributed by atoms with van der Waals surface area (Å²) in [6.07, 6.45) is -2.92. The average Bonchev–Trinajstić information content (AvgIpc) is 3.34. The molecule has 1 aliphatic heterocycles. The highest BCUT2D eigenvalue weighted by Gasteiger charge is 2.28. The summed E-state index contributed by atoms with van der Waals surface area (Å²) in [5.74, 6) is -1.21. The van der Waals surface area contributed by atoms with Gasteiger partial charge in [0.1, 0.15) is 11.6 Å². The number of aromatic nitrogens is 2. The number of anilines is 1. The van der Waals surface area contributed by atoms with E-state index in [0.29, 0.717) is 24.5 Å². The third-order valence-electron chi connectivity index (χ3n) is 5.64. The van der Waals surface area contributed by atoms with Gasteiger partial charge < -0.3 is 19.0 Å². The van der Waals surface area contributed by atoms with E-state index in [0.717, 1.165) is 19.2 Å². The van der Waals surface area contributed by atoms with Crippen molar-refractivity contribution in [1.82, 2.24) is 20.0 Å². The van der Waals surface area contributed by atoms with Gasteiger partial charge in [0.05, 0.1) is 19.3 Å². The highest BCUT2D eigenvalue weighted by molar-refractivity contribution is 5.93. The monoisotopic (exact) mass is 475 g/mol. The second-order valence-corrected chi connectivity index (χ2v) is 7.88. The quantitative estimate of drug-likeness (QED) is 0.532. The first-order valence-corrected chi connectivity index (χ1v) is 10.7. The molecule has 0 N–H and O–H groups in total. The molecule has 8 nitrogen and oxygen atoms in total. The number of likely N-dealkylation sites (N-methyl/N-ethyl adjacent to an activating group) is 1. The van der Waals surface area contributed by atoms with Gasteiger partial charge in [0.15, 0.2) is 0 Å². The number of carbonyl (C=O) groups is 1. The summed E-state index contributed by atoms with van der Waals surface area (Å²) in [4.78, 5) is 18.8. The summed E-state index contributed by atoms with van der Waals surface area (Å²) in [6.45, 7) is 2.50. The van der Waals surface area contributed by atoms with E-state index in [9.17, 15) is 13.6 Å². The summed E-state index contributed by atoms with van der Waals surface area (Å²) < 4.78 is 50.9. The maximum absolute atomic E-state index is 15.1. The van der Waals surface area contributed by atoms with Crippen LogP contribution in [0.3, 0.4) is 0 Å². The molecule has 1 aromatic heterocycles. The van der Waals surface area contributed by atoms with E-state index in [2.05, 4.69) is 15.1 Å². The van der Waals surface area contributed by atoms with E-state index in [4.69, 9.17) is 9.15 Å². The molecule has 1 aliphatic rings. The van der Waals surface area contributed by atoms with Crippen molar-refractivity contribution in [3.05, 3.63) is 59.7 Å². The zero-order chi connectivity index (χ0) is 24.2. The number of nitrogens with zero attached hydrogens (tertiary/aromatic N) is 5. The fourth-order valence-corrected chi connectivity index (χ4v) is 3.70. The van der Waals surface area contributed by atoms with Crippen LogP contribution in [0.15, 0.2) is 46.9 Å². The number of rotatable bonds is 6. The molecule has 1 saturated heterocycles. The maximum atomic E-state index is 15.1. The standard InChI is InChI=1S/C23H24F3N5O3/c1-29-9-11-30(12-10-29)23(32)31(18-5-3-4-6-19(18)33-2)14-16-8-7-15(13-17(16)24)21-27-28-22(34-21)20(25)26/h3-8,13,20H,9-12,14H2,1-2H3. The molecule has 0 bridgehead atoms. The molecule has 3 aromatic rings. The molecule has 0 unspecified atom stereocenters. The Balaban J connectivity index is 1.63. The van der Waals surface area contributed by atoms with Crippen molar-refractivity contribution in [3.63, 3.8) is 0 Å². The molecule has 2 aromatic carbocycles. The van der Waals surface area contributed by atoms with Crippen LogP contribution in [0.1, 0.15) is 17.9 Å². The molecule has 0 aliphatic carbocycles. The Morgan fingerprint density at radius 2 is 1.88 bits per heavy atom. The molecule has 11 heteroatoms. The maximum Gasteiger partial charge on any atom is 0.325 e. The van der Waals surface area contributed by atoms with Gasteiger partial charge in [-0.25, -0.2) is 9.18 Å². The van der Waals surface area contributed by atoms with Crippen LogP contribution < -0.4 is 9.64 Å². The van der Waals surface area contributed by atoms with Gasteiger partial charge in [-0.1, -0.05) is 18.2 Å². The van der Waals surface area contributed by atoms with Crippen LogP contribution >= 0.6 is 0 Å². The van der Waals surface area contributed by atoms with Gasteiger partial charge >= 0.3 is 12.5 Å². The summed E-state index contributed by atoms with van der Waals surface area (Å²) in [7, 11) is 3.50. The topological polar surface area (TPSA) is 74.9 Å². The molecular weight excluding hydrogens is 451 g/mol. The van der Waals surface area contributed by atoms with Crippen LogP contribution in [0.2, 0.25) is 0 Å². The number of alkyl halides is 2. The van der Waals surface area contributed by atoms with Gasteiger partial charge in [-0.15, -0.1) is 10.2 Å². The number of ether oxygens (including phenoxy) is 1. The van der Waals surface area contributed by atoms with Gasteiger partial charge in [-0.3, -0.25) is 4.90 Å². The second kappa shape index (κ2) is 10.1. The molecule has 0 radical (unpaired) electrons. The lowest BCUT2D eigenvalue weighted by Gasteiger charge is -2.36. The highest BCUT2D eigenvalue weighted by Crippen LogP contribution is 2.31. The van der Waals surface area contributed by atoms with Gasteiger partial charge in [0, 0.05) is 37.3 Å². The number of amides is 2. The second-order valence-electron chi connectivity index (χ2n) is 7.88. The van der Waals surface area contributed by atoms with Crippen molar-refractivity contribution in [2.24, 2.45) is 0 Å². The van der Waals surface area contributed by atoms with Crippen molar-refractivity contribution < 1.29 is 27.1 Å². The predicted octanol–water partition coefficient (Wildman–Crippen LogP) is 4.20. The smallest absolute Gasteiger partial charge is 0.325 e. The van der Waals surface area contributed by atoms with Gasteiger partial charge in [0.25, 0.3) is 5.89 Å². The van der Waals surface area contributed by atoms with E-state index >= 15 is 4.39 Å². The lowest BCUT2D eigenvalue weighted by molar-refractivity contribution is 0.116. The number of hydrogen-bond donors (Lipinski definition) is 0. The summed E-state index contributed by atoms with van der Waals surface area (Å²) >= 11 is 0. The van der Waals surface area contributed by atoms with Crippen molar-refractivity contribution in [2.45, 2.75) is 13.0 Å². The largest absolute Gasteiger partial charge is 0.495 e. The summed E-state index contributed by atoms with van der Waals surface area (Å²) in [5, 5.41) is 6.82. The number of urea groups is 1. The van der Waals surface area contributed by atoms with Crippen LogP contribution in [0, 0.1) is 5.82 Å². The summed E-state index contributed by atoms with van der Waals surface area (Å²) in [6, 6.07) is 10.8. The molecule has 0 saturated carbocycles.